The number of fused-ring (bicyclic) bond motifs is 3. The molecule has 0 unspecified atom stereocenters. The molecule has 0 fully saturated rings. The van der Waals surface area contributed by atoms with E-state index in [9.17, 15) is 18.0 Å². The van der Waals surface area contributed by atoms with E-state index < -0.39 is 17.7 Å². The van der Waals surface area contributed by atoms with Crippen LogP contribution in [0, 0.1) is 0 Å². The first kappa shape index (κ1) is 21.6. The second-order valence-corrected chi connectivity index (χ2v) is 6.98. The fourth-order valence-electron chi connectivity index (χ4n) is 3.51. The number of aromatic nitrogens is 2. The largest absolute Gasteiger partial charge is 0.461 e. The molecule has 0 saturated heterocycles. The summed E-state index contributed by atoms with van der Waals surface area (Å²) in [5, 5.41) is 1.49. The van der Waals surface area contributed by atoms with Crippen molar-refractivity contribution in [1.82, 2.24) is 9.97 Å². The Kier molecular flexibility index (Phi) is 5.75. The number of carbonyl (C=O) groups excluding carboxylic acids is 1. The number of benzene rings is 2. The molecule has 0 saturated carbocycles. The minimum atomic E-state index is -4.41. The molecule has 0 aliphatic rings. The molecule has 0 bridgehead atoms. The Morgan fingerprint density at radius 3 is 2.44 bits per heavy atom. The van der Waals surface area contributed by atoms with Crippen molar-refractivity contribution in [3.05, 3.63) is 65.5 Å². The second kappa shape index (κ2) is 8.51. The highest BCUT2D eigenvalue weighted by molar-refractivity contribution is 6.11. The highest BCUT2D eigenvalue weighted by Crippen LogP contribution is 2.35. The quantitative estimate of drug-likeness (QED) is 0.378. The van der Waals surface area contributed by atoms with Crippen LogP contribution in [-0.2, 0) is 22.3 Å². The fourth-order valence-corrected chi connectivity index (χ4v) is 3.51. The van der Waals surface area contributed by atoms with Crippen molar-refractivity contribution in [3.8, 4) is 11.5 Å². The lowest BCUT2D eigenvalue weighted by atomic mass is 10.1. The number of hydrogen-bond acceptors (Lipinski definition) is 5. The molecule has 0 atom stereocenters. The second-order valence-electron chi connectivity index (χ2n) is 6.98. The summed E-state index contributed by atoms with van der Waals surface area (Å²) in [6.07, 6.45) is -2.86. The van der Waals surface area contributed by atoms with Gasteiger partial charge in [0.1, 0.15) is 11.5 Å². The van der Waals surface area contributed by atoms with E-state index in [-0.39, 0.29) is 24.7 Å². The van der Waals surface area contributed by atoms with Gasteiger partial charge in [-0.05, 0) is 49.4 Å². The van der Waals surface area contributed by atoms with Crippen molar-refractivity contribution >= 4 is 27.8 Å². The Labute approximate surface area is 180 Å². The highest BCUT2D eigenvalue weighted by atomic mass is 19.4. The minimum Gasteiger partial charge on any atom is -0.461 e. The van der Waals surface area contributed by atoms with Crippen LogP contribution < -0.4 is 4.74 Å². The number of alkyl halides is 3. The van der Waals surface area contributed by atoms with Gasteiger partial charge in [-0.2, -0.15) is 13.2 Å². The van der Waals surface area contributed by atoms with Gasteiger partial charge in [0, 0.05) is 29.0 Å². The molecule has 32 heavy (non-hydrogen) atoms. The lowest BCUT2D eigenvalue weighted by Gasteiger charge is -2.10. The van der Waals surface area contributed by atoms with Gasteiger partial charge in [0.2, 0.25) is 0 Å². The van der Waals surface area contributed by atoms with E-state index >= 15 is 0 Å². The molecule has 166 valence electrons. The van der Waals surface area contributed by atoms with Crippen molar-refractivity contribution in [2.24, 2.45) is 0 Å². The van der Waals surface area contributed by atoms with Crippen LogP contribution in [-0.4, -0.2) is 29.7 Å². The smallest absolute Gasteiger partial charge is 0.416 e. The summed E-state index contributed by atoms with van der Waals surface area (Å²) in [6.45, 7) is 2.06. The van der Waals surface area contributed by atoms with E-state index in [4.69, 9.17) is 14.2 Å². The zero-order valence-electron chi connectivity index (χ0n) is 17.2. The molecule has 0 aliphatic heterocycles. The number of halogens is 3. The topological polar surface area (TPSA) is 73.4 Å². The summed E-state index contributed by atoms with van der Waals surface area (Å²) in [5.41, 5.74) is 1.46. The van der Waals surface area contributed by atoms with Gasteiger partial charge >= 0.3 is 12.1 Å². The van der Waals surface area contributed by atoms with Gasteiger partial charge in [0.15, 0.2) is 5.69 Å². The standard InChI is InChI=1S/C23H19F3N2O4/c1-3-31-22(29)21-17(12-30-2)20-16-10-15(8-9-18(16)28-19(20)11-27-21)32-14-6-4-13(5-7-14)23(24,25)26/h4-11,28H,3,12H2,1-2H3. The van der Waals surface area contributed by atoms with E-state index in [1.165, 1.54) is 19.2 Å². The van der Waals surface area contributed by atoms with Gasteiger partial charge < -0.3 is 19.2 Å². The number of hydrogen-bond donors (Lipinski definition) is 1. The predicted octanol–water partition coefficient (Wildman–Crippen LogP) is 5.85. The third kappa shape index (κ3) is 4.11. The number of nitrogens with one attached hydrogen (secondary N) is 1. The molecular formula is C23H19F3N2O4. The Bertz CT molecular complexity index is 1280. The van der Waals surface area contributed by atoms with Gasteiger partial charge in [-0.3, -0.25) is 0 Å². The van der Waals surface area contributed by atoms with Crippen LogP contribution in [0.5, 0.6) is 11.5 Å². The lowest BCUT2D eigenvalue weighted by molar-refractivity contribution is -0.137. The Morgan fingerprint density at radius 2 is 1.78 bits per heavy atom. The number of esters is 1. The van der Waals surface area contributed by atoms with Gasteiger partial charge in [0.25, 0.3) is 0 Å². The third-order valence-corrected chi connectivity index (χ3v) is 4.88. The summed E-state index contributed by atoms with van der Waals surface area (Å²) in [6, 6.07) is 9.70. The van der Waals surface area contributed by atoms with Crippen molar-refractivity contribution < 1.29 is 32.2 Å². The summed E-state index contributed by atoms with van der Waals surface area (Å²) in [7, 11) is 1.52. The molecule has 4 aromatic rings. The number of pyridine rings is 1. The van der Waals surface area contributed by atoms with Crippen LogP contribution in [0.25, 0.3) is 21.8 Å². The molecule has 9 heteroatoms. The lowest BCUT2D eigenvalue weighted by Crippen LogP contribution is -2.11. The zero-order valence-corrected chi connectivity index (χ0v) is 17.2. The molecule has 0 aliphatic carbocycles. The number of rotatable bonds is 6. The summed E-state index contributed by atoms with van der Waals surface area (Å²) < 4.78 is 54.5. The molecule has 1 N–H and O–H groups in total. The average molecular weight is 444 g/mol. The molecule has 0 amide bonds. The molecule has 4 rings (SSSR count). The number of nitrogens with zero attached hydrogens (tertiary/aromatic N) is 1. The van der Waals surface area contributed by atoms with Gasteiger partial charge in [-0.15, -0.1) is 0 Å². The van der Waals surface area contributed by atoms with Crippen LogP contribution in [0.3, 0.4) is 0 Å². The predicted molar refractivity (Wildman–Crippen MR) is 112 cm³/mol. The molecular weight excluding hydrogens is 425 g/mol. The number of ether oxygens (including phenoxy) is 3. The number of methoxy groups -OCH3 is 1. The molecule has 2 aromatic heterocycles. The maximum atomic E-state index is 12.8. The number of carbonyl (C=O) groups is 1. The minimum absolute atomic E-state index is 0.134. The molecule has 2 aromatic carbocycles. The first-order chi connectivity index (χ1) is 15.3. The van der Waals surface area contributed by atoms with Crippen molar-refractivity contribution in [2.75, 3.05) is 13.7 Å². The molecule has 0 radical (unpaired) electrons. The Balaban J connectivity index is 1.77. The summed E-state index contributed by atoms with van der Waals surface area (Å²) in [4.78, 5) is 19.9. The van der Waals surface area contributed by atoms with Crippen molar-refractivity contribution in [3.63, 3.8) is 0 Å². The number of aromatic amines is 1. The molecule has 6 nitrogen and oxygen atoms in total. The number of H-pyrrole nitrogens is 1. The monoisotopic (exact) mass is 444 g/mol. The van der Waals surface area contributed by atoms with E-state index in [0.29, 0.717) is 16.8 Å². The van der Waals surface area contributed by atoms with Crippen LogP contribution in [0.1, 0.15) is 28.5 Å². The van der Waals surface area contributed by atoms with Gasteiger partial charge in [-0.1, -0.05) is 0 Å². The van der Waals surface area contributed by atoms with Crippen molar-refractivity contribution in [1.29, 1.82) is 0 Å². The summed E-state index contributed by atoms with van der Waals surface area (Å²) in [5.74, 6) is 0.146. The summed E-state index contributed by atoms with van der Waals surface area (Å²) >= 11 is 0. The van der Waals surface area contributed by atoms with Gasteiger partial charge in [0.05, 0.1) is 30.5 Å². The molecule has 0 spiro atoms. The Hall–Kier alpha value is -3.59. The molecule has 2 heterocycles. The SMILES string of the molecule is CCOC(=O)c1ncc2[nH]c3ccc(Oc4ccc(C(F)(F)F)cc4)cc3c2c1COC. The first-order valence-corrected chi connectivity index (χ1v) is 9.76. The maximum absolute atomic E-state index is 12.8. The Morgan fingerprint density at radius 1 is 1.06 bits per heavy atom. The van der Waals surface area contributed by atoms with Crippen LogP contribution >= 0.6 is 0 Å². The van der Waals surface area contributed by atoms with Crippen LogP contribution in [0.4, 0.5) is 13.2 Å². The first-order valence-electron chi connectivity index (χ1n) is 9.76. The van der Waals surface area contributed by atoms with Crippen molar-refractivity contribution in [2.45, 2.75) is 19.7 Å². The maximum Gasteiger partial charge on any atom is 0.416 e. The third-order valence-electron chi connectivity index (χ3n) is 4.88. The fraction of sp³-hybridized carbons (Fsp3) is 0.217. The van der Waals surface area contributed by atoms with Crippen LogP contribution in [0.2, 0.25) is 0 Å². The van der Waals surface area contributed by atoms with E-state index in [1.807, 2.05) is 0 Å². The normalized spacial score (nSPS) is 11.8. The van der Waals surface area contributed by atoms with Gasteiger partial charge in [-0.25, -0.2) is 9.78 Å². The highest BCUT2D eigenvalue weighted by Gasteiger charge is 2.30. The van der Waals surface area contributed by atoms with E-state index in [1.54, 1.807) is 31.3 Å². The average Bonchev–Trinajstić information content (AvgIpc) is 3.12. The zero-order chi connectivity index (χ0) is 22.9. The van der Waals surface area contributed by atoms with E-state index in [2.05, 4.69) is 9.97 Å². The van der Waals surface area contributed by atoms with Crippen LogP contribution in [0.15, 0.2) is 48.7 Å². The van der Waals surface area contributed by atoms with E-state index in [0.717, 1.165) is 28.4 Å².